The van der Waals surface area contributed by atoms with E-state index in [1.54, 1.807) is 0 Å². The lowest BCUT2D eigenvalue weighted by atomic mass is 9.98. The molecule has 3 aromatic rings. The van der Waals surface area contributed by atoms with Gasteiger partial charge < -0.3 is 24.9 Å². The summed E-state index contributed by atoms with van der Waals surface area (Å²) >= 11 is 0. The Kier molecular flexibility index (Phi) is 6.45. The van der Waals surface area contributed by atoms with Gasteiger partial charge in [0.25, 0.3) is 5.91 Å². The Morgan fingerprint density at radius 2 is 1.66 bits per heavy atom. The van der Waals surface area contributed by atoms with E-state index in [9.17, 15) is 27.6 Å². The van der Waals surface area contributed by atoms with Crippen LogP contribution in [0, 0.1) is 0 Å². The minimum absolute atomic E-state index is 0.244. The number of oxazole rings is 1. The summed E-state index contributed by atoms with van der Waals surface area (Å²) in [6.45, 7) is -0.925. The van der Waals surface area contributed by atoms with Gasteiger partial charge in [0, 0.05) is 5.92 Å². The summed E-state index contributed by atoms with van der Waals surface area (Å²) in [5, 5.41) is 12.4. The molecule has 1 atom stereocenters. The lowest BCUT2D eigenvalue weighted by Crippen LogP contribution is -2.55. The van der Waals surface area contributed by atoms with E-state index < -0.39 is 42.4 Å². The minimum Gasteiger partial charge on any atom is -0.476 e. The molecule has 0 saturated heterocycles. The van der Waals surface area contributed by atoms with Crippen molar-refractivity contribution < 1.29 is 41.8 Å². The van der Waals surface area contributed by atoms with Gasteiger partial charge in [-0.15, -0.1) is 0 Å². The van der Waals surface area contributed by atoms with Crippen molar-refractivity contribution in [3.05, 3.63) is 77.5 Å². The van der Waals surface area contributed by atoms with Crippen LogP contribution >= 0.6 is 0 Å². The highest BCUT2D eigenvalue weighted by Gasteiger charge is 2.46. The summed E-state index contributed by atoms with van der Waals surface area (Å²) in [5.41, 5.74) is 3.06. The average Bonchev–Trinajstić information content (AvgIpc) is 3.42. The Bertz CT molecular complexity index is 1230. The molecule has 0 radical (unpaired) electrons. The first-order valence-electron chi connectivity index (χ1n) is 10.3. The van der Waals surface area contributed by atoms with Crippen molar-refractivity contribution in [1.82, 2.24) is 15.6 Å². The Labute approximate surface area is 195 Å². The van der Waals surface area contributed by atoms with E-state index in [-0.39, 0.29) is 18.3 Å². The summed E-state index contributed by atoms with van der Waals surface area (Å²) in [5.74, 6) is -3.84. The van der Waals surface area contributed by atoms with Crippen molar-refractivity contribution in [1.29, 1.82) is 0 Å². The number of carbonyl (C=O) groups excluding carboxylic acids is 2. The van der Waals surface area contributed by atoms with Crippen molar-refractivity contribution in [2.45, 2.75) is 24.7 Å². The van der Waals surface area contributed by atoms with Gasteiger partial charge in [0.05, 0.1) is 6.54 Å². The van der Waals surface area contributed by atoms with Gasteiger partial charge in [-0.1, -0.05) is 48.5 Å². The fourth-order valence-corrected chi connectivity index (χ4v) is 3.89. The molecule has 2 aromatic carbocycles. The molecule has 1 aliphatic carbocycles. The van der Waals surface area contributed by atoms with E-state index in [4.69, 9.17) is 14.3 Å². The number of aromatic nitrogens is 1. The molecule has 0 spiro atoms. The molecule has 0 bridgehead atoms. The number of amides is 2. The Hall–Kier alpha value is -4.35. The molecule has 0 saturated carbocycles. The minimum atomic E-state index is -5.15. The van der Waals surface area contributed by atoms with Crippen LogP contribution < -0.4 is 10.6 Å². The molecule has 1 unspecified atom stereocenters. The Morgan fingerprint density at radius 1 is 1.06 bits per heavy atom. The van der Waals surface area contributed by atoms with Gasteiger partial charge in [0.2, 0.25) is 6.04 Å². The number of aromatic carboxylic acids is 1. The zero-order valence-corrected chi connectivity index (χ0v) is 17.8. The van der Waals surface area contributed by atoms with Gasteiger partial charge in [0.15, 0.2) is 17.8 Å². The number of hydrogen-bond acceptors (Lipinski definition) is 6. The number of nitrogens with zero attached hydrogens (tertiary/aromatic N) is 1. The highest BCUT2D eigenvalue weighted by Crippen LogP contribution is 2.44. The summed E-state index contributed by atoms with van der Waals surface area (Å²) in [4.78, 5) is 38.8. The highest BCUT2D eigenvalue weighted by atomic mass is 19.4. The molecule has 35 heavy (non-hydrogen) atoms. The van der Waals surface area contributed by atoms with Crippen molar-refractivity contribution in [3.63, 3.8) is 0 Å². The van der Waals surface area contributed by atoms with Crippen LogP contribution in [0.1, 0.15) is 33.3 Å². The number of carboxylic acid groups (broad SMARTS) is 1. The van der Waals surface area contributed by atoms with Gasteiger partial charge in [-0.2, -0.15) is 13.2 Å². The molecule has 4 rings (SSSR count). The molecule has 0 fully saturated rings. The molecule has 182 valence electrons. The third kappa shape index (κ3) is 4.95. The van der Waals surface area contributed by atoms with Gasteiger partial charge in [-0.25, -0.2) is 14.6 Å². The fourth-order valence-electron chi connectivity index (χ4n) is 3.89. The molecule has 12 heteroatoms. The maximum absolute atomic E-state index is 13.5. The number of hydrogen-bond donors (Lipinski definition) is 3. The van der Waals surface area contributed by atoms with Gasteiger partial charge >= 0.3 is 18.2 Å². The maximum atomic E-state index is 13.5. The number of nitrogens with one attached hydrogen (secondary N) is 2. The van der Waals surface area contributed by atoms with E-state index in [0.29, 0.717) is 0 Å². The Balaban J connectivity index is 1.41. The lowest BCUT2D eigenvalue weighted by molar-refractivity contribution is -0.167. The number of rotatable bonds is 7. The highest BCUT2D eigenvalue weighted by molar-refractivity contribution is 5.88. The SMILES string of the molecule is O=C(NC(C(=O)NCc1ocnc1C(=O)O)C(F)(F)F)OCC1c2ccccc2-c2ccccc21. The molecule has 1 heterocycles. The molecule has 0 aliphatic heterocycles. The number of ether oxygens (including phenoxy) is 1. The number of fused-ring (bicyclic) bond motifs is 3. The second-order valence-electron chi connectivity index (χ2n) is 7.59. The zero-order valence-electron chi connectivity index (χ0n) is 17.8. The van der Waals surface area contributed by atoms with Crippen LogP contribution in [-0.4, -0.2) is 46.9 Å². The summed E-state index contributed by atoms with van der Waals surface area (Å²) in [6.07, 6.45) is -5.80. The number of alkyl halides is 3. The summed E-state index contributed by atoms with van der Waals surface area (Å²) < 4.78 is 50.3. The number of alkyl carbamates (subject to hydrolysis) is 1. The van der Waals surface area contributed by atoms with Crippen molar-refractivity contribution in [2.75, 3.05) is 6.61 Å². The van der Waals surface area contributed by atoms with Crippen molar-refractivity contribution >= 4 is 18.0 Å². The van der Waals surface area contributed by atoms with Crippen LogP contribution in [0.25, 0.3) is 11.1 Å². The van der Waals surface area contributed by atoms with Gasteiger partial charge in [-0.3, -0.25) is 4.79 Å². The largest absolute Gasteiger partial charge is 0.476 e. The van der Waals surface area contributed by atoms with E-state index in [1.165, 1.54) is 5.32 Å². The smallest absolute Gasteiger partial charge is 0.417 e. The van der Waals surface area contributed by atoms with Crippen LogP contribution in [-0.2, 0) is 16.1 Å². The fraction of sp³-hybridized carbons (Fsp3) is 0.217. The number of benzene rings is 2. The molecule has 1 aliphatic rings. The number of carboxylic acids is 1. The predicted octanol–water partition coefficient (Wildman–Crippen LogP) is 3.46. The van der Waals surface area contributed by atoms with Crippen LogP contribution in [0.3, 0.4) is 0 Å². The number of carbonyl (C=O) groups is 3. The van der Waals surface area contributed by atoms with Gasteiger partial charge in [0.1, 0.15) is 6.61 Å². The maximum Gasteiger partial charge on any atom is 0.417 e. The summed E-state index contributed by atoms with van der Waals surface area (Å²) in [7, 11) is 0. The van der Waals surface area contributed by atoms with Crippen LogP contribution in [0.2, 0.25) is 0 Å². The normalized spacial score (nSPS) is 13.5. The van der Waals surface area contributed by atoms with Crippen LogP contribution in [0.4, 0.5) is 18.0 Å². The van der Waals surface area contributed by atoms with E-state index >= 15 is 0 Å². The second kappa shape index (κ2) is 9.49. The topological polar surface area (TPSA) is 131 Å². The van der Waals surface area contributed by atoms with Crippen LogP contribution in [0.15, 0.2) is 59.3 Å². The standard InChI is InChI=1S/C23H18F3N3O6/c24-23(25,26)19(20(30)27-9-17-18(21(31)32)28-11-35-17)29-22(33)34-10-16-14-7-3-1-5-12(14)13-6-2-4-8-15(13)16/h1-8,11,16,19H,9-10H2,(H,27,30)(H,29,33)(H,31,32). The molecule has 1 aromatic heterocycles. The molecular weight excluding hydrogens is 471 g/mol. The lowest BCUT2D eigenvalue weighted by Gasteiger charge is -2.21. The Morgan fingerprint density at radius 3 is 2.23 bits per heavy atom. The third-order valence-electron chi connectivity index (χ3n) is 5.46. The average molecular weight is 489 g/mol. The molecular formula is C23H18F3N3O6. The predicted molar refractivity (Wildman–Crippen MR) is 113 cm³/mol. The number of halogens is 3. The van der Waals surface area contributed by atoms with Gasteiger partial charge in [-0.05, 0) is 22.3 Å². The monoisotopic (exact) mass is 489 g/mol. The molecule has 9 nitrogen and oxygen atoms in total. The first-order valence-corrected chi connectivity index (χ1v) is 10.3. The quantitative estimate of drug-likeness (QED) is 0.463. The second-order valence-corrected chi connectivity index (χ2v) is 7.59. The first-order chi connectivity index (χ1) is 16.7. The molecule has 2 amide bonds. The third-order valence-corrected chi connectivity index (χ3v) is 5.46. The van der Waals surface area contributed by atoms with Crippen molar-refractivity contribution in [3.8, 4) is 11.1 Å². The van der Waals surface area contributed by atoms with Crippen LogP contribution in [0.5, 0.6) is 0 Å². The first kappa shape index (κ1) is 23.8. The van der Waals surface area contributed by atoms with E-state index in [1.807, 2.05) is 53.8 Å². The van der Waals surface area contributed by atoms with E-state index in [0.717, 1.165) is 28.6 Å². The van der Waals surface area contributed by atoms with Crippen molar-refractivity contribution in [2.24, 2.45) is 0 Å². The summed E-state index contributed by atoms with van der Waals surface area (Å²) in [6, 6.07) is 11.9. The molecule has 3 N–H and O–H groups in total. The zero-order chi connectivity index (χ0) is 25.2. The van der Waals surface area contributed by atoms with E-state index in [2.05, 4.69) is 4.98 Å².